The van der Waals surface area contributed by atoms with Crippen molar-refractivity contribution < 1.29 is 0 Å². The van der Waals surface area contributed by atoms with Crippen LogP contribution in [-0.2, 0) is 19.5 Å². The molecule has 148 valence electrons. The Morgan fingerprint density at radius 2 is 1.00 bits per heavy atom. The molecule has 0 bridgehead atoms. The highest BCUT2D eigenvalue weighted by Gasteiger charge is 2.26. The zero-order chi connectivity index (χ0) is 20.3. The fourth-order valence-corrected chi connectivity index (χ4v) is 4.67. The van der Waals surface area contributed by atoms with E-state index in [4.69, 9.17) is 11.6 Å². The second-order valence-electron chi connectivity index (χ2n) is 7.98. The standard InChI is InChI=1S/C28H24ClN/c29-27-16-14-22(15-17-27)28(21-8-2-1-3-9-21)30-19-25-12-6-4-10-23(25)18-24-11-5-7-13-26(24)20-30/h1-17,28H,18-20H2. The summed E-state index contributed by atoms with van der Waals surface area (Å²) in [7, 11) is 0. The largest absolute Gasteiger partial charge is 0.284 e. The van der Waals surface area contributed by atoms with E-state index in [9.17, 15) is 0 Å². The molecular weight excluding hydrogens is 386 g/mol. The summed E-state index contributed by atoms with van der Waals surface area (Å²) in [6.45, 7) is 1.82. The van der Waals surface area contributed by atoms with Crippen LogP contribution >= 0.6 is 11.6 Å². The summed E-state index contributed by atoms with van der Waals surface area (Å²) in [6.07, 6.45) is 0.997. The van der Waals surface area contributed by atoms with Crippen LogP contribution in [0, 0.1) is 0 Å². The summed E-state index contributed by atoms with van der Waals surface area (Å²) >= 11 is 6.22. The summed E-state index contributed by atoms with van der Waals surface area (Å²) < 4.78 is 0. The van der Waals surface area contributed by atoms with Crippen molar-refractivity contribution in [2.24, 2.45) is 0 Å². The second kappa shape index (κ2) is 8.47. The van der Waals surface area contributed by atoms with Gasteiger partial charge in [0.05, 0.1) is 6.04 Å². The third kappa shape index (κ3) is 3.92. The van der Waals surface area contributed by atoms with Crippen molar-refractivity contribution in [1.82, 2.24) is 4.90 Å². The zero-order valence-corrected chi connectivity index (χ0v) is 17.6. The summed E-state index contributed by atoms with van der Waals surface area (Å²) in [5.74, 6) is 0. The van der Waals surface area contributed by atoms with E-state index in [0.29, 0.717) is 0 Å². The highest BCUT2D eigenvalue weighted by molar-refractivity contribution is 6.30. The minimum absolute atomic E-state index is 0.155. The summed E-state index contributed by atoms with van der Waals surface area (Å²) in [5.41, 5.74) is 8.20. The molecule has 0 radical (unpaired) electrons. The Balaban J connectivity index is 1.65. The Labute approximate surface area is 183 Å². The normalized spacial score (nSPS) is 14.8. The fourth-order valence-electron chi connectivity index (χ4n) is 4.54. The van der Waals surface area contributed by atoms with Gasteiger partial charge in [0.15, 0.2) is 0 Å². The first-order valence-corrected chi connectivity index (χ1v) is 10.8. The minimum atomic E-state index is 0.155. The van der Waals surface area contributed by atoms with Crippen LogP contribution in [0.3, 0.4) is 0 Å². The first kappa shape index (κ1) is 19.1. The lowest BCUT2D eigenvalue weighted by molar-refractivity contribution is 0.204. The molecule has 1 aliphatic rings. The van der Waals surface area contributed by atoms with Gasteiger partial charge in [-0.3, -0.25) is 4.90 Å². The van der Waals surface area contributed by atoms with Crippen molar-refractivity contribution in [3.8, 4) is 0 Å². The number of halogens is 1. The Morgan fingerprint density at radius 1 is 0.533 bits per heavy atom. The predicted molar refractivity (Wildman–Crippen MR) is 125 cm³/mol. The number of hydrogen-bond acceptors (Lipinski definition) is 1. The topological polar surface area (TPSA) is 3.24 Å². The van der Waals surface area contributed by atoms with Gasteiger partial charge in [-0.15, -0.1) is 0 Å². The number of benzene rings is 4. The Morgan fingerprint density at radius 3 is 1.57 bits per heavy atom. The van der Waals surface area contributed by atoms with Gasteiger partial charge in [0.1, 0.15) is 0 Å². The van der Waals surface area contributed by atoms with Gasteiger partial charge < -0.3 is 0 Å². The van der Waals surface area contributed by atoms with Crippen molar-refractivity contribution in [3.63, 3.8) is 0 Å². The van der Waals surface area contributed by atoms with Crippen LogP contribution in [0.2, 0.25) is 5.02 Å². The van der Waals surface area contributed by atoms with Crippen LogP contribution in [0.15, 0.2) is 103 Å². The van der Waals surface area contributed by atoms with Crippen molar-refractivity contribution in [1.29, 1.82) is 0 Å². The third-order valence-electron chi connectivity index (χ3n) is 6.03. The molecule has 0 amide bonds. The van der Waals surface area contributed by atoms with Gasteiger partial charge in [-0.05, 0) is 51.9 Å². The number of hydrogen-bond donors (Lipinski definition) is 0. The summed E-state index contributed by atoms with van der Waals surface area (Å²) in [5, 5.41) is 0.772. The molecule has 2 heteroatoms. The van der Waals surface area contributed by atoms with Gasteiger partial charge in [-0.25, -0.2) is 0 Å². The van der Waals surface area contributed by atoms with Crippen molar-refractivity contribution >= 4 is 11.6 Å². The van der Waals surface area contributed by atoms with Crippen LogP contribution in [0.4, 0.5) is 0 Å². The van der Waals surface area contributed by atoms with Gasteiger partial charge in [0, 0.05) is 18.1 Å². The molecule has 0 fully saturated rings. The van der Waals surface area contributed by atoms with Crippen LogP contribution in [0.5, 0.6) is 0 Å². The number of nitrogens with zero attached hydrogens (tertiary/aromatic N) is 1. The maximum atomic E-state index is 6.22. The lowest BCUT2D eigenvalue weighted by Gasteiger charge is -2.35. The van der Waals surface area contributed by atoms with E-state index >= 15 is 0 Å². The molecule has 1 unspecified atom stereocenters. The van der Waals surface area contributed by atoms with Gasteiger partial charge in [-0.1, -0.05) is 103 Å². The SMILES string of the molecule is Clc1ccc(C(c2ccccc2)N2Cc3ccccc3Cc3ccccc3C2)cc1. The van der Waals surface area contributed by atoms with Crippen molar-refractivity contribution in [2.75, 3.05) is 0 Å². The molecule has 0 aromatic heterocycles. The zero-order valence-electron chi connectivity index (χ0n) is 16.8. The Hall–Kier alpha value is -2.87. The van der Waals surface area contributed by atoms with E-state index in [1.165, 1.54) is 33.4 Å². The smallest absolute Gasteiger partial charge is 0.0607 e. The first-order chi connectivity index (χ1) is 14.8. The van der Waals surface area contributed by atoms with Crippen LogP contribution in [-0.4, -0.2) is 4.90 Å². The average molecular weight is 410 g/mol. The highest BCUT2D eigenvalue weighted by Crippen LogP contribution is 2.35. The summed E-state index contributed by atoms with van der Waals surface area (Å²) in [6, 6.07) is 37.0. The quantitative estimate of drug-likeness (QED) is 0.351. The van der Waals surface area contributed by atoms with Crippen LogP contribution < -0.4 is 0 Å². The third-order valence-corrected chi connectivity index (χ3v) is 6.28. The molecule has 0 aliphatic carbocycles. The molecular formula is C28H24ClN. The molecule has 1 heterocycles. The second-order valence-corrected chi connectivity index (χ2v) is 8.42. The number of rotatable bonds is 3. The molecule has 4 aromatic rings. The molecule has 0 N–H and O–H groups in total. The summed E-state index contributed by atoms with van der Waals surface area (Å²) in [4.78, 5) is 2.59. The molecule has 0 saturated carbocycles. The van der Waals surface area contributed by atoms with E-state index in [0.717, 1.165) is 24.5 Å². The minimum Gasteiger partial charge on any atom is -0.284 e. The van der Waals surface area contributed by atoms with E-state index in [-0.39, 0.29) is 6.04 Å². The monoisotopic (exact) mass is 409 g/mol. The van der Waals surface area contributed by atoms with Gasteiger partial charge in [0.2, 0.25) is 0 Å². The molecule has 1 aliphatic heterocycles. The highest BCUT2D eigenvalue weighted by atomic mass is 35.5. The van der Waals surface area contributed by atoms with E-state index in [2.05, 4.69) is 95.9 Å². The van der Waals surface area contributed by atoms with Crippen molar-refractivity contribution in [2.45, 2.75) is 25.6 Å². The van der Waals surface area contributed by atoms with Crippen LogP contribution in [0.1, 0.15) is 39.4 Å². The van der Waals surface area contributed by atoms with Gasteiger partial charge >= 0.3 is 0 Å². The van der Waals surface area contributed by atoms with E-state index in [1.54, 1.807) is 0 Å². The lowest BCUT2D eigenvalue weighted by Crippen LogP contribution is -2.31. The molecule has 1 atom stereocenters. The lowest BCUT2D eigenvalue weighted by atomic mass is 9.90. The van der Waals surface area contributed by atoms with Gasteiger partial charge in [0.25, 0.3) is 0 Å². The first-order valence-electron chi connectivity index (χ1n) is 10.5. The fraction of sp³-hybridized carbons (Fsp3) is 0.143. The number of fused-ring (bicyclic) bond motifs is 2. The van der Waals surface area contributed by atoms with Gasteiger partial charge in [-0.2, -0.15) is 0 Å². The molecule has 1 nitrogen and oxygen atoms in total. The molecule has 4 aromatic carbocycles. The molecule has 30 heavy (non-hydrogen) atoms. The molecule has 5 rings (SSSR count). The van der Waals surface area contributed by atoms with Crippen LogP contribution in [0.25, 0.3) is 0 Å². The Kier molecular flexibility index (Phi) is 5.40. The Bertz CT molecular complexity index is 1090. The molecule has 0 spiro atoms. The predicted octanol–water partition coefficient (Wildman–Crippen LogP) is 7.04. The van der Waals surface area contributed by atoms with E-state index < -0.39 is 0 Å². The maximum Gasteiger partial charge on any atom is 0.0607 e. The van der Waals surface area contributed by atoms with Crippen molar-refractivity contribution in [3.05, 3.63) is 142 Å². The maximum absolute atomic E-state index is 6.22. The molecule has 0 saturated heterocycles. The average Bonchev–Trinajstić information content (AvgIpc) is 2.77. The van der Waals surface area contributed by atoms with E-state index in [1.807, 2.05) is 12.1 Å².